The summed E-state index contributed by atoms with van der Waals surface area (Å²) in [7, 11) is 0. The molecule has 8 heteroatoms. The molecule has 1 aliphatic carbocycles. The highest BCUT2D eigenvalue weighted by atomic mass is 16.5. The number of aliphatic carboxylic acids is 1. The van der Waals surface area contributed by atoms with E-state index in [1.54, 1.807) is 38.1 Å². The smallest absolute Gasteiger partial charge is 0.330 e. The molecule has 1 aromatic rings. The molecule has 0 spiro atoms. The number of hydrogen-bond acceptors (Lipinski definition) is 5. The molecule has 0 saturated heterocycles. The minimum Gasteiger partial charge on any atom is -0.493 e. The summed E-state index contributed by atoms with van der Waals surface area (Å²) in [6.07, 6.45) is -0.0858. The molecular formula is C20H28N2O6. The molecular weight excluding hydrogens is 364 g/mol. The van der Waals surface area contributed by atoms with E-state index in [0.717, 1.165) is 0 Å². The van der Waals surface area contributed by atoms with Gasteiger partial charge in [-0.1, -0.05) is 26.0 Å². The van der Waals surface area contributed by atoms with Gasteiger partial charge in [-0.2, -0.15) is 0 Å². The van der Waals surface area contributed by atoms with E-state index in [2.05, 4.69) is 10.6 Å². The van der Waals surface area contributed by atoms with Gasteiger partial charge in [-0.15, -0.1) is 0 Å². The topological polar surface area (TPSA) is 114 Å². The number of carboxylic acid groups (broad SMARTS) is 1. The van der Waals surface area contributed by atoms with Crippen LogP contribution in [-0.2, 0) is 14.3 Å². The standard InChI is InChI=1S/C20H28N2O6/c1-5-27-14-10-8-7-9-13(14)17(24)21-12-16(23)22-20(18(25)26)11-15(28-6-2)19(20,3)4/h7-10,15H,5-6,11-12H2,1-4H3,(H,21,24)(H,22,23)(H,25,26). The van der Waals surface area contributed by atoms with Crippen LogP contribution in [0.2, 0.25) is 0 Å². The largest absolute Gasteiger partial charge is 0.493 e. The van der Waals surface area contributed by atoms with E-state index in [9.17, 15) is 19.5 Å². The Morgan fingerprint density at radius 3 is 2.43 bits per heavy atom. The summed E-state index contributed by atoms with van der Waals surface area (Å²) in [6, 6.07) is 6.71. The first kappa shape index (κ1) is 21.7. The Morgan fingerprint density at radius 1 is 1.18 bits per heavy atom. The summed E-state index contributed by atoms with van der Waals surface area (Å²) < 4.78 is 11.0. The number of nitrogens with one attached hydrogen (secondary N) is 2. The highest BCUT2D eigenvalue weighted by molar-refractivity contribution is 5.99. The van der Waals surface area contributed by atoms with Gasteiger partial charge in [0.25, 0.3) is 5.91 Å². The van der Waals surface area contributed by atoms with Gasteiger partial charge < -0.3 is 25.2 Å². The molecule has 2 amide bonds. The highest BCUT2D eigenvalue weighted by Gasteiger charge is 2.66. The average Bonchev–Trinajstić information content (AvgIpc) is 2.65. The van der Waals surface area contributed by atoms with Crippen molar-refractivity contribution in [1.29, 1.82) is 0 Å². The maximum Gasteiger partial charge on any atom is 0.330 e. The summed E-state index contributed by atoms with van der Waals surface area (Å²) >= 11 is 0. The van der Waals surface area contributed by atoms with Gasteiger partial charge in [0, 0.05) is 18.4 Å². The molecule has 0 aliphatic heterocycles. The fraction of sp³-hybridized carbons (Fsp3) is 0.550. The molecule has 1 saturated carbocycles. The molecule has 2 rings (SSSR count). The number of carboxylic acids is 1. The van der Waals surface area contributed by atoms with Crippen molar-refractivity contribution in [3.05, 3.63) is 29.8 Å². The average molecular weight is 392 g/mol. The summed E-state index contributed by atoms with van der Waals surface area (Å²) in [6.45, 7) is 7.68. The predicted molar refractivity (Wildman–Crippen MR) is 102 cm³/mol. The summed E-state index contributed by atoms with van der Waals surface area (Å²) in [4.78, 5) is 36.7. The molecule has 1 fully saturated rings. The molecule has 3 N–H and O–H groups in total. The quantitative estimate of drug-likeness (QED) is 0.588. The molecule has 154 valence electrons. The van der Waals surface area contributed by atoms with E-state index >= 15 is 0 Å². The lowest BCUT2D eigenvalue weighted by Crippen LogP contribution is -2.76. The first-order chi connectivity index (χ1) is 13.2. The van der Waals surface area contributed by atoms with E-state index in [4.69, 9.17) is 9.47 Å². The van der Waals surface area contributed by atoms with E-state index in [0.29, 0.717) is 24.5 Å². The van der Waals surface area contributed by atoms with Gasteiger partial charge in [0.15, 0.2) is 0 Å². The van der Waals surface area contributed by atoms with Crippen molar-refractivity contribution in [3.63, 3.8) is 0 Å². The first-order valence-corrected chi connectivity index (χ1v) is 9.35. The van der Waals surface area contributed by atoms with Gasteiger partial charge in [-0.05, 0) is 26.0 Å². The molecule has 0 bridgehead atoms. The molecule has 28 heavy (non-hydrogen) atoms. The Bertz CT molecular complexity index is 748. The second-order valence-electron chi connectivity index (χ2n) is 7.24. The van der Waals surface area contributed by atoms with Gasteiger partial charge in [0.1, 0.15) is 11.3 Å². The Balaban J connectivity index is 2.02. The van der Waals surface area contributed by atoms with E-state index in [1.807, 2.05) is 13.8 Å². The molecule has 1 aliphatic rings. The third-order valence-corrected chi connectivity index (χ3v) is 5.32. The van der Waals surface area contributed by atoms with Crippen LogP contribution in [0.15, 0.2) is 24.3 Å². The van der Waals surface area contributed by atoms with Crippen LogP contribution in [0.4, 0.5) is 0 Å². The normalized spacial score (nSPS) is 22.6. The fourth-order valence-corrected chi connectivity index (χ4v) is 3.51. The number of carbonyl (C=O) groups is 3. The minimum absolute atomic E-state index is 0.177. The predicted octanol–water partition coefficient (Wildman–Crippen LogP) is 1.59. The van der Waals surface area contributed by atoms with Gasteiger partial charge in [-0.3, -0.25) is 9.59 Å². The van der Waals surface area contributed by atoms with Crippen molar-refractivity contribution in [1.82, 2.24) is 10.6 Å². The maximum atomic E-state index is 12.4. The Labute approximate surface area is 164 Å². The van der Waals surface area contributed by atoms with Crippen molar-refractivity contribution < 1.29 is 29.0 Å². The molecule has 2 atom stereocenters. The highest BCUT2D eigenvalue weighted by Crippen LogP contribution is 2.51. The van der Waals surface area contributed by atoms with Crippen LogP contribution in [0.3, 0.4) is 0 Å². The number of para-hydroxylation sites is 1. The van der Waals surface area contributed by atoms with Crippen LogP contribution in [0.1, 0.15) is 44.5 Å². The summed E-state index contributed by atoms with van der Waals surface area (Å²) in [5, 5.41) is 14.8. The van der Waals surface area contributed by atoms with E-state index < -0.39 is 28.7 Å². The lowest BCUT2D eigenvalue weighted by atomic mass is 9.54. The second-order valence-corrected chi connectivity index (χ2v) is 7.24. The third-order valence-electron chi connectivity index (χ3n) is 5.32. The molecule has 0 heterocycles. The zero-order chi connectivity index (χ0) is 20.9. The Morgan fingerprint density at radius 2 is 1.86 bits per heavy atom. The fourth-order valence-electron chi connectivity index (χ4n) is 3.51. The second kappa shape index (κ2) is 8.60. The molecule has 0 radical (unpaired) electrons. The van der Waals surface area contributed by atoms with Gasteiger partial charge in [0.05, 0.1) is 24.8 Å². The van der Waals surface area contributed by atoms with Gasteiger partial charge >= 0.3 is 5.97 Å². The van der Waals surface area contributed by atoms with Crippen LogP contribution in [0.5, 0.6) is 5.75 Å². The van der Waals surface area contributed by atoms with Gasteiger partial charge in [-0.25, -0.2) is 4.79 Å². The van der Waals surface area contributed by atoms with Crippen molar-refractivity contribution in [2.24, 2.45) is 5.41 Å². The lowest BCUT2D eigenvalue weighted by Gasteiger charge is -2.58. The Hall–Kier alpha value is -2.61. The molecule has 8 nitrogen and oxygen atoms in total. The van der Waals surface area contributed by atoms with Crippen molar-refractivity contribution in [2.45, 2.75) is 45.8 Å². The van der Waals surface area contributed by atoms with Crippen LogP contribution < -0.4 is 15.4 Å². The number of rotatable bonds is 9. The van der Waals surface area contributed by atoms with E-state index in [1.165, 1.54) is 0 Å². The summed E-state index contributed by atoms with van der Waals surface area (Å²) in [5.41, 5.74) is -1.90. The van der Waals surface area contributed by atoms with Crippen molar-refractivity contribution in [2.75, 3.05) is 19.8 Å². The SMILES string of the molecule is CCOc1ccccc1C(=O)NCC(=O)NC1(C(=O)O)CC(OCC)C1(C)C. The van der Waals surface area contributed by atoms with Crippen LogP contribution in [0, 0.1) is 5.41 Å². The van der Waals surface area contributed by atoms with E-state index in [-0.39, 0.29) is 19.1 Å². The number of benzene rings is 1. The number of ether oxygens (including phenoxy) is 2. The molecule has 2 unspecified atom stereocenters. The van der Waals surface area contributed by atoms with Crippen molar-refractivity contribution >= 4 is 17.8 Å². The van der Waals surface area contributed by atoms with Crippen molar-refractivity contribution in [3.8, 4) is 5.75 Å². The first-order valence-electron chi connectivity index (χ1n) is 9.35. The van der Waals surface area contributed by atoms with Crippen LogP contribution in [0.25, 0.3) is 0 Å². The van der Waals surface area contributed by atoms with Gasteiger partial charge in [0.2, 0.25) is 5.91 Å². The third kappa shape index (κ3) is 3.96. The zero-order valence-electron chi connectivity index (χ0n) is 16.7. The lowest BCUT2D eigenvalue weighted by molar-refractivity contribution is -0.194. The Kier molecular flexibility index (Phi) is 6.66. The number of carbonyl (C=O) groups excluding carboxylic acids is 2. The summed E-state index contributed by atoms with van der Waals surface area (Å²) in [5.74, 6) is -1.74. The number of amides is 2. The number of hydrogen-bond donors (Lipinski definition) is 3. The zero-order valence-corrected chi connectivity index (χ0v) is 16.7. The molecule has 1 aromatic carbocycles. The molecule has 0 aromatic heterocycles. The van der Waals surface area contributed by atoms with Crippen LogP contribution in [-0.4, -0.2) is 54.3 Å². The minimum atomic E-state index is -1.43. The van der Waals surface area contributed by atoms with Crippen LogP contribution >= 0.6 is 0 Å². The monoisotopic (exact) mass is 392 g/mol. The maximum absolute atomic E-state index is 12.4.